The Bertz CT molecular complexity index is 386. The summed E-state index contributed by atoms with van der Waals surface area (Å²) in [6.45, 7) is 2.47. The molecule has 0 atom stereocenters. The molecule has 104 valence electrons. The molecule has 0 heterocycles. The van der Waals surface area contributed by atoms with Crippen LogP contribution in [0.15, 0.2) is 30.3 Å². The van der Waals surface area contributed by atoms with Crippen molar-refractivity contribution in [1.82, 2.24) is 0 Å². The predicted octanol–water partition coefficient (Wildman–Crippen LogP) is 2.85. The third-order valence-corrected chi connectivity index (χ3v) is 2.61. The van der Waals surface area contributed by atoms with Gasteiger partial charge in [-0.15, -0.1) is 0 Å². The van der Waals surface area contributed by atoms with Crippen LogP contribution in [-0.2, 0) is 25.7 Å². The SMILES string of the molecule is CCCCCCOC(=O)C(=O)OCc1ccccc1. The Morgan fingerprint density at radius 3 is 2.32 bits per heavy atom. The first kappa shape index (κ1) is 15.2. The number of unbranched alkanes of at least 4 members (excludes halogenated alkanes) is 3. The van der Waals surface area contributed by atoms with E-state index in [9.17, 15) is 9.59 Å². The predicted molar refractivity (Wildman–Crippen MR) is 71.3 cm³/mol. The monoisotopic (exact) mass is 264 g/mol. The molecule has 0 N–H and O–H groups in total. The van der Waals surface area contributed by atoms with E-state index in [0.717, 1.165) is 31.2 Å². The molecule has 0 radical (unpaired) electrons. The van der Waals surface area contributed by atoms with Gasteiger partial charge in [-0.3, -0.25) is 0 Å². The molecule has 0 aliphatic rings. The summed E-state index contributed by atoms with van der Waals surface area (Å²) >= 11 is 0. The van der Waals surface area contributed by atoms with E-state index in [4.69, 9.17) is 9.47 Å². The summed E-state index contributed by atoms with van der Waals surface area (Å²) in [5, 5.41) is 0. The minimum atomic E-state index is -0.931. The molecular weight excluding hydrogens is 244 g/mol. The Balaban J connectivity index is 2.16. The van der Waals surface area contributed by atoms with Crippen LogP contribution in [0.1, 0.15) is 38.2 Å². The van der Waals surface area contributed by atoms with E-state index in [1.807, 2.05) is 30.3 Å². The number of ether oxygens (including phenoxy) is 2. The van der Waals surface area contributed by atoms with Gasteiger partial charge in [-0.25, -0.2) is 9.59 Å². The van der Waals surface area contributed by atoms with Crippen LogP contribution in [0, 0.1) is 0 Å². The fourth-order valence-electron chi connectivity index (χ4n) is 1.53. The molecular formula is C15H20O4. The lowest BCUT2D eigenvalue weighted by molar-refractivity contribution is -0.168. The van der Waals surface area contributed by atoms with E-state index in [1.165, 1.54) is 0 Å². The van der Waals surface area contributed by atoms with Crippen molar-refractivity contribution in [2.45, 2.75) is 39.2 Å². The lowest BCUT2D eigenvalue weighted by Crippen LogP contribution is -2.20. The topological polar surface area (TPSA) is 52.6 Å². The maximum absolute atomic E-state index is 11.3. The van der Waals surface area contributed by atoms with Crippen LogP contribution in [0.2, 0.25) is 0 Å². The van der Waals surface area contributed by atoms with Gasteiger partial charge in [0.05, 0.1) is 6.61 Å². The Kier molecular flexibility index (Phi) is 7.32. The van der Waals surface area contributed by atoms with E-state index < -0.39 is 11.9 Å². The van der Waals surface area contributed by atoms with Crippen molar-refractivity contribution in [3.63, 3.8) is 0 Å². The molecule has 4 nitrogen and oxygen atoms in total. The molecule has 0 aliphatic carbocycles. The maximum Gasteiger partial charge on any atom is 0.417 e. The molecule has 0 aromatic heterocycles. The first-order valence-corrected chi connectivity index (χ1v) is 6.62. The fourth-order valence-corrected chi connectivity index (χ4v) is 1.53. The minimum Gasteiger partial charge on any atom is -0.457 e. The van der Waals surface area contributed by atoms with Gasteiger partial charge in [0.2, 0.25) is 0 Å². The van der Waals surface area contributed by atoms with Gasteiger partial charge in [0, 0.05) is 0 Å². The van der Waals surface area contributed by atoms with Crippen LogP contribution in [0.25, 0.3) is 0 Å². The minimum absolute atomic E-state index is 0.0879. The second kappa shape index (κ2) is 9.14. The van der Waals surface area contributed by atoms with E-state index in [2.05, 4.69) is 6.92 Å². The van der Waals surface area contributed by atoms with Crippen LogP contribution in [-0.4, -0.2) is 18.5 Å². The first-order valence-electron chi connectivity index (χ1n) is 6.62. The zero-order valence-corrected chi connectivity index (χ0v) is 11.3. The number of hydrogen-bond donors (Lipinski definition) is 0. The summed E-state index contributed by atoms with van der Waals surface area (Å²) in [5.74, 6) is -1.84. The van der Waals surface area contributed by atoms with Crippen molar-refractivity contribution in [1.29, 1.82) is 0 Å². The van der Waals surface area contributed by atoms with Crippen molar-refractivity contribution in [2.75, 3.05) is 6.61 Å². The molecule has 0 amide bonds. The molecule has 1 rings (SSSR count). The summed E-state index contributed by atoms with van der Waals surface area (Å²) in [5.41, 5.74) is 0.839. The number of rotatable bonds is 7. The molecule has 0 fully saturated rings. The average molecular weight is 264 g/mol. The molecule has 1 aromatic rings. The van der Waals surface area contributed by atoms with Gasteiger partial charge in [0.15, 0.2) is 0 Å². The van der Waals surface area contributed by atoms with Crippen molar-refractivity contribution >= 4 is 11.9 Å². The quantitative estimate of drug-likeness (QED) is 0.431. The number of esters is 2. The Hall–Kier alpha value is -1.84. The molecule has 4 heteroatoms. The van der Waals surface area contributed by atoms with E-state index in [1.54, 1.807) is 0 Å². The highest BCUT2D eigenvalue weighted by atomic mass is 16.6. The van der Waals surface area contributed by atoms with Crippen LogP contribution >= 0.6 is 0 Å². The molecule has 0 saturated carbocycles. The third-order valence-electron chi connectivity index (χ3n) is 2.61. The zero-order chi connectivity index (χ0) is 13.9. The smallest absolute Gasteiger partial charge is 0.417 e. The van der Waals surface area contributed by atoms with Gasteiger partial charge in [0.25, 0.3) is 0 Å². The van der Waals surface area contributed by atoms with Gasteiger partial charge in [-0.2, -0.15) is 0 Å². The summed E-state index contributed by atoms with van der Waals surface area (Å²) in [6, 6.07) is 9.20. The highest BCUT2D eigenvalue weighted by Crippen LogP contribution is 2.02. The summed E-state index contributed by atoms with van der Waals surface area (Å²) in [7, 11) is 0. The van der Waals surface area contributed by atoms with E-state index in [0.29, 0.717) is 0 Å². The first-order chi connectivity index (χ1) is 9.24. The van der Waals surface area contributed by atoms with Crippen molar-refractivity contribution in [2.24, 2.45) is 0 Å². The molecule has 0 unspecified atom stereocenters. The van der Waals surface area contributed by atoms with Gasteiger partial charge in [-0.05, 0) is 12.0 Å². The molecule has 0 bridgehead atoms. The zero-order valence-electron chi connectivity index (χ0n) is 11.3. The summed E-state index contributed by atoms with van der Waals surface area (Å²) in [4.78, 5) is 22.6. The molecule has 0 spiro atoms. The summed E-state index contributed by atoms with van der Waals surface area (Å²) < 4.78 is 9.68. The molecule has 0 aliphatic heterocycles. The lowest BCUT2D eigenvalue weighted by atomic mass is 10.2. The normalized spacial score (nSPS) is 9.95. The van der Waals surface area contributed by atoms with Crippen molar-refractivity contribution < 1.29 is 19.1 Å². The number of carbonyl (C=O) groups excluding carboxylic acids is 2. The Labute approximate surface area is 113 Å². The van der Waals surface area contributed by atoms with Gasteiger partial charge in [0.1, 0.15) is 6.61 Å². The second-order valence-electron chi connectivity index (χ2n) is 4.26. The van der Waals surface area contributed by atoms with Crippen molar-refractivity contribution in [3.8, 4) is 0 Å². The maximum atomic E-state index is 11.3. The standard InChI is InChI=1S/C15H20O4/c1-2-3-4-8-11-18-14(16)15(17)19-12-13-9-6-5-7-10-13/h5-7,9-10H,2-4,8,11-12H2,1H3. The van der Waals surface area contributed by atoms with Crippen LogP contribution in [0.5, 0.6) is 0 Å². The number of hydrogen-bond acceptors (Lipinski definition) is 4. The Morgan fingerprint density at radius 2 is 1.63 bits per heavy atom. The van der Waals surface area contributed by atoms with Gasteiger partial charge < -0.3 is 9.47 Å². The van der Waals surface area contributed by atoms with E-state index in [-0.39, 0.29) is 13.2 Å². The third kappa shape index (κ3) is 6.60. The summed E-state index contributed by atoms with van der Waals surface area (Å²) in [6.07, 6.45) is 4.01. The van der Waals surface area contributed by atoms with Crippen LogP contribution in [0.4, 0.5) is 0 Å². The highest BCUT2D eigenvalue weighted by molar-refractivity contribution is 6.29. The largest absolute Gasteiger partial charge is 0.457 e. The Morgan fingerprint density at radius 1 is 0.947 bits per heavy atom. The second-order valence-corrected chi connectivity index (χ2v) is 4.26. The van der Waals surface area contributed by atoms with Crippen LogP contribution in [0.3, 0.4) is 0 Å². The number of carbonyl (C=O) groups is 2. The molecule has 0 saturated heterocycles. The number of benzene rings is 1. The lowest BCUT2D eigenvalue weighted by Gasteiger charge is -2.05. The van der Waals surface area contributed by atoms with Gasteiger partial charge >= 0.3 is 11.9 Å². The average Bonchev–Trinajstić information content (AvgIpc) is 2.45. The highest BCUT2D eigenvalue weighted by Gasteiger charge is 2.16. The van der Waals surface area contributed by atoms with Gasteiger partial charge in [-0.1, -0.05) is 56.5 Å². The van der Waals surface area contributed by atoms with E-state index >= 15 is 0 Å². The van der Waals surface area contributed by atoms with Crippen molar-refractivity contribution in [3.05, 3.63) is 35.9 Å². The fraction of sp³-hybridized carbons (Fsp3) is 0.467. The molecule has 19 heavy (non-hydrogen) atoms. The van der Waals surface area contributed by atoms with Crippen LogP contribution < -0.4 is 0 Å². The molecule has 1 aromatic carbocycles.